The fraction of sp³-hybridized carbons (Fsp3) is 0.846. The Morgan fingerprint density at radius 3 is 2.56 bits per heavy atom. The second-order valence-electron chi connectivity index (χ2n) is 5.90. The van der Waals surface area contributed by atoms with Crippen molar-refractivity contribution in [1.29, 1.82) is 0 Å². The third kappa shape index (κ3) is 3.62. The third-order valence-corrected chi connectivity index (χ3v) is 3.05. The summed E-state index contributed by atoms with van der Waals surface area (Å²) in [7, 11) is 0. The van der Waals surface area contributed by atoms with Gasteiger partial charge in [0.05, 0.1) is 0 Å². The molecule has 0 aromatic carbocycles. The van der Waals surface area contributed by atoms with Crippen LogP contribution in [0, 0.1) is 11.3 Å². The van der Waals surface area contributed by atoms with Gasteiger partial charge in [-0.15, -0.1) is 0 Å². The number of rotatable bonds is 2. The standard InChI is InChI=1S/C13H23NO2/c1-5-10-9-14(7-6-11(10)15)12(16)8-13(2,3)4/h10H,5-9H2,1-4H3. The number of carbonyl (C=O) groups excluding carboxylic acids is 2. The highest BCUT2D eigenvalue weighted by molar-refractivity contribution is 5.85. The summed E-state index contributed by atoms with van der Waals surface area (Å²) in [6.45, 7) is 9.46. The molecule has 1 atom stereocenters. The first-order valence-corrected chi connectivity index (χ1v) is 6.14. The van der Waals surface area contributed by atoms with E-state index in [0.29, 0.717) is 31.7 Å². The second-order valence-corrected chi connectivity index (χ2v) is 5.90. The maximum Gasteiger partial charge on any atom is 0.223 e. The number of amides is 1. The lowest BCUT2D eigenvalue weighted by Gasteiger charge is -2.33. The number of nitrogens with zero attached hydrogens (tertiary/aromatic N) is 1. The number of ketones is 1. The van der Waals surface area contributed by atoms with Crippen molar-refractivity contribution in [3.05, 3.63) is 0 Å². The molecule has 1 aliphatic rings. The van der Waals surface area contributed by atoms with Crippen LogP contribution in [0.3, 0.4) is 0 Å². The second kappa shape index (κ2) is 4.98. The van der Waals surface area contributed by atoms with Gasteiger partial charge in [0.25, 0.3) is 0 Å². The Morgan fingerprint density at radius 2 is 2.06 bits per heavy atom. The van der Waals surface area contributed by atoms with Gasteiger partial charge in [0.15, 0.2) is 0 Å². The van der Waals surface area contributed by atoms with Crippen molar-refractivity contribution in [2.45, 2.75) is 47.0 Å². The van der Waals surface area contributed by atoms with E-state index < -0.39 is 0 Å². The van der Waals surface area contributed by atoms with E-state index >= 15 is 0 Å². The van der Waals surface area contributed by atoms with E-state index in [9.17, 15) is 9.59 Å². The summed E-state index contributed by atoms with van der Waals surface area (Å²) in [6.07, 6.45) is 1.95. The first-order valence-electron chi connectivity index (χ1n) is 6.14. The molecule has 1 fully saturated rings. The van der Waals surface area contributed by atoms with Crippen LogP contribution in [0.4, 0.5) is 0 Å². The van der Waals surface area contributed by atoms with Crippen molar-refractivity contribution in [3.8, 4) is 0 Å². The van der Waals surface area contributed by atoms with Gasteiger partial charge in [-0.1, -0.05) is 27.7 Å². The number of hydrogen-bond acceptors (Lipinski definition) is 2. The first-order chi connectivity index (χ1) is 7.33. The fourth-order valence-corrected chi connectivity index (χ4v) is 2.06. The van der Waals surface area contributed by atoms with E-state index in [2.05, 4.69) is 20.8 Å². The Balaban J connectivity index is 2.55. The fourth-order valence-electron chi connectivity index (χ4n) is 2.06. The molecule has 1 unspecified atom stereocenters. The van der Waals surface area contributed by atoms with Gasteiger partial charge in [-0.2, -0.15) is 0 Å². The van der Waals surface area contributed by atoms with Crippen LogP contribution < -0.4 is 0 Å². The summed E-state index contributed by atoms with van der Waals surface area (Å²) in [4.78, 5) is 25.4. The van der Waals surface area contributed by atoms with Crippen LogP contribution in [-0.4, -0.2) is 29.7 Å². The lowest BCUT2D eigenvalue weighted by molar-refractivity contribution is -0.138. The highest BCUT2D eigenvalue weighted by Gasteiger charge is 2.29. The summed E-state index contributed by atoms with van der Waals surface area (Å²) in [6, 6.07) is 0. The molecule has 1 aliphatic heterocycles. The molecule has 0 N–H and O–H groups in total. The van der Waals surface area contributed by atoms with E-state index in [1.165, 1.54) is 0 Å². The molecule has 0 radical (unpaired) electrons. The highest BCUT2D eigenvalue weighted by atomic mass is 16.2. The molecular formula is C13H23NO2. The first kappa shape index (κ1) is 13.2. The molecule has 0 bridgehead atoms. The van der Waals surface area contributed by atoms with Crippen molar-refractivity contribution >= 4 is 11.7 Å². The van der Waals surface area contributed by atoms with E-state index in [4.69, 9.17) is 0 Å². The van der Waals surface area contributed by atoms with Crippen LogP contribution in [0.5, 0.6) is 0 Å². The number of Topliss-reactive ketones (excluding diaryl/α,β-unsaturated/α-hetero) is 1. The number of carbonyl (C=O) groups is 2. The maximum atomic E-state index is 12.0. The maximum absolute atomic E-state index is 12.0. The van der Waals surface area contributed by atoms with Crippen molar-refractivity contribution in [3.63, 3.8) is 0 Å². The average Bonchev–Trinajstić information content (AvgIpc) is 2.15. The Bertz CT molecular complexity index is 278. The largest absolute Gasteiger partial charge is 0.342 e. The Labute approximate surface area is 98.2 Å². The Hall–Kier alpha value is -0.860. The quantitative estimate of drug-likeness (QED) is 0.723. The molecule has 0 saturated carbocycles. The van der Waals surface area contributed by atoms with Gasteiger partial charge in [0, 0.05) is 31.8 Å². The molecule has 3 nitrogen and oxygen atoms in total. The van der Waals surface area contributed by atoms with E-state index in [1.54, 1.807) is 0 Å². The Kier molecular flexibility index (Phi) is 4.11. The SMILES string of the molecule is CCC1CN(C(=O)CC(C)(C)C)CCC1=O. The molecule has 16 heavy (non-hydrogen) atoms. The van der Waals surface area contributed by atoms with Crippen LogP contribution in [0.15, 0.2) is 0 Å². The van der Waals surface area contributed by atoms with Gasteiger partial charge in [-0.3, -0.25) is 9.59 Å². The number of likely N-dealkylation sites (tertiary alicyclic amines) is 1. The minimum absolute atomic E-state index is 0.0280. The molecule has 1 rings (SSSR count). The van der Waals surface area contributed by atoms with Crippen molar-refractivity contribution in [1.82, 2.24) is 4.90 Å². The molecule has 0 spiro atoms. The lowest BCUT2D eigenvalue weighted by atomic mass is 9.89. The molecule has 92 valence electrons. The zero-order chi connectivity index (χ0) is 12.3. The topological polar surface area (TPSA) is 37.4 Å². The highest BCUT2D eigenvalue weighted by Crippen LogP contribution is 2.23. The van der Waals surface area contributed by atoms with Crippen LogP contribution in [-0.2, 0) is 9.59 Å². The van der Waals surface area contributed by atoms with Crippen molar-refractivity contribution < 1.29 is 9.59 Å². The third-order valence-electron chi connectivity index (χ3n) is 3.05. The zero-order valence-corrected chi connectivity index (χ0v) is 10.9. The summed E-state index contributed by atoms with van der Waals surface area (Å²) in [5.74, 6) is 0.582. The van der Waals surface area contributed by atoms with Crippen LogP contribution in [0.1, 0.15) is 47.0 Å². The summed E-state index contributed by atoms with van der Waals surface area (Å²) in [5.41, 5.74) is 0.0280. The van der Waals surface area contributed by atoms with Crippen LogP contribution in [0.2, 0.25) is 0 Å². The van der Waals surface area contributed by atoms with Gasteiger partial charge >= 0.3 is 0 Å². The van der Waals surface area contributed by atoms with E-state index in [1.807, 2.05) is 11.8 Å². The normalized spacial score (nSPS) is 22.4. The van der Waals surface area contributed by atoms with Gasteiger partial charge in [-0.25, -0.2) is 0 Å². The molecule has 0 aromatic rings. The smallest absolute Gasteiger partial charge is 0.223 e. The molecule has 1 amide bonds. The zero-order valence-electron chi connectivity index (χ0n) is 10.9. The van der Waals surface area contributed by atoms with Crippen molar-refractivity contribution in [2.75, 3.05) is 13.1 Å². The number of piperidine rings is 1. The molecular weight excluding hydrogens is 202 g/mol. The lowest BCUT2D eigenvalue weighted by Crippen LogP contribution is -2.44. The average molecular weight is 225 g/mol. The van der Waals surface area contributed by atoms with Gasteiger partial charge in [0.2, 0.25) is 5.91 Å². The summed E-state index contributed by atoms with van der Waals surface area (Å²) < 4.78 is 0. The predicted octanol–water partition coefficient (Wildman–Crippen LogP) is 2.25. The van der Waals surface area contributed by atoms with Gasteiger partial charge in [0.1, 0.15) is 5.78 Å². The summed E-state index contributed by atoms with van der Waals surface area (Å²) >= 11 is 0. The van der Waals surface area contributed by atoms with Crippen LogP contribution >= 0.6 is 0 Å². The Morgan fingerprint density at radius 1 is 1.44 bits per heavy atom. The summed E-state index contributed by atoms with van der Waals surface area (Å²) in [5, 5.41) is 0. The minimum atomic E-state index is 0.0280. The molecule has 0 aromatic heterocycles. The van der Waals surface area contributed by atoms with E-state index in [0.717, 1.165) is 6.42 Å². The van der Waals surface area contributed by atoms with Crippen LogP contribution in [0.25, 0.3) is 0 Å². The molecule has 0 aliphatic carbocycles. The number of hydrogen-bond donors (Lipinski definition) is 0. The monoisotopic (exact) mass is 225 g/mol. The van der Waals surface area contributed by atoms with Crippen molar-refractivity contribution in [2.24, 2.45) is 11.3 Å². The molecule has 3 heteroatoms. The predicted molar refractivity (Wildman–Crippen MR) is 64.1 cm³/mol. The van der Waals surface area contributed by atoms with E-state index in [-0.39, 0.29) is 17.2 Å². The van der Waals surface area contributed by atoms with Gasteiger partial charge in [-0.05, 0) is 11.8 Å². The molecule has 1 heterocycles. The van der Waals surface area contributed by atoms with Gasteiger partial charge < -0.3 is 4.90 Å². The minimum Gasteiger partial charge on any atom is -0.342 e. The molecule has 1 saturated heterocycles.